The lowest BCUT2D eigenvalue weighted by Crippen LogP contribution is -2.34. The summed E-state index contributed by atoms with van der Waals surface area (Å²) >= 11 is 0. The van der Waals surface area contributed by atoms with Gasteiger partial charge in [-0.3, -0.25) is 9.69 Å². The predicted octanol–water partition coefficient (Wildman–Crippen LogP) is 5.48. The van der Waals surface area contributed by atoms with Gasteiger partial charge in [-0.05, 0) is 81.2 Å². The maximum absolute atomic E-state index is 15.4. The zero-order valence-electron chi connectivity index (χ0n) is 24.5. The number of ether oxygens (including phenoxy) is 3. The molecule has 3 aliphatic rings. The number of nitrogens with one attached hydrogen (secondary N) is 1. The predicted molar refractivity (Wildman–Crippen MR) is 155 cm³/mol. The number of alkyl halides is 1. The van der Waals surface area contributed by atoms with E-state index in [0.717, 1.165) is 67.9 Å². The molecule has 0 aliphatic carbocycles. The van der Waals surface area contributed by atoms with Crippen LogP contribution in [-0.4, -0.2) is 73.2 Å². The SMILES string of the molecule is COc1cc(CCCC[C@H](F)[C@@H]2CCN([C@@H](C(=O)O)c3cc(F)ccc3COC3CCOCC3)C2)nc2c1CCCN2. The molecule has 1 aromatic carbocycles. The van der Waals surface area contributed by atoms with Gasteiger partial charge in [-0.25, -0.2) is 13.8 Å². The summed E-state index contributed by atoms with van der Waals surface area (Å²) in [6, 6.07) is 5.18. The van der Waals surface area contributed by atoms with Crippen LogP contribution in [0.4, 0.5) is 14.6 Å². The molecule has 1 aromatic heterocycles. The molecule has 3 atom stereocenters. The van der Waals surface area contributed by atoms with Crippen LogP contribution in [0.5, 0.6) is 5.75 Å². The molecule has 3 aliphatic heterocycles. The first-order valence-corrected chi connectivity index (χ1v) is 15.3. The number of methoxy groups -OCH3 is 1. The maximum Gasteiger partial charge on any atom is 0.325 e. The van der Waals surface area contributed by atoms with Crippen LogP contribution in [-0.2, 0) is 33.7 Å². The quantitative estimate of drug-likeness (QED) is 0.298. The van der Waals surface area contributed by atoms with Crippen LogP contribution in [0, 0.1) is 11.7 Å². The van der Waals surface area contributed by atoms with Crippen molar-refractivity contribution in [2.45, 2.75) is 82.7 Å². The molecule has 0 radical (unpaired) electrons. The van der Waals surface area contributed by atoms with Crippen molar-refractivity contribution in [1.29, 1.82) is 0 Å². The Hall–Kier alpha value is -2.82. The molecule has 8 nitrogen and oxygen atoms in total. The maximum atomic E-state index is 15.4. The number of carboxylic acid groups (broad SMARTS) is 1. The van der Waals surface area contributed by atoms with E-state index in [-0.39, 0.29) is 18.6 Å². The van der Waals surface area contributed by atoms with Gasteiger partial charge < -0.3 is 24.6 Å². The van der Waals surface area contributed by atoms with Gasteiger partial charge >= 0.3 is 5.97 Å². The number of pyridine rings is 1. The van der Waals surface area contributed by atoms with Gasteiger partial charge in [0.25, 0.3) is 0 Å². The summed E-state index contributed by atoms with van der Waals surface area (Å²) in [5, 5.41) is 13.6. The van der Waals surface area contributed by atoms with Crippen molar-refractivity contribution in [3.63, 3.8) is 0 Å². The first kappa shape index (κ1) is 30.6. The van der Waals surface area contributed by atoms with Gasteiger partial charge in [0, 0.05) is 49.5 Å². The van der Waals surface area contributed by atoms with Crippen LogP contribution in [0.15, 0.2) is 24.3 Å². The molecule has 2 N–H and O–H groups in total. The first-order chi connectivity index (χ1) is 20.4. The molecule has 4 heterocycles. The Balaban J connectivity index is 1.15. The second-order valence-corrected chi connectivity index (χ2v) is 11.7. The van der Waals surface area contributed by atoms with Crippen molar-refractivity contribution >= 4 is 11.8 Å². The van der Waals surface area contributed by atoms with Crippen LogP contribution < -0.4 is 10.1 Å². The molecule has 42 heavy (non-hydrogen) atoms. The Kier molecular flexibility index (Phi) is 10.6. The van der Waals surface area contributed by atoms with Crippen LogP contribution in [0.3, 0.4) is 0 Å². The minimum Gasteiger partial charge on any atom is -0.496 e. The number of aliphatic carboxylic acids is 1. The number of hydrogen-bond acceptors (Lipinski definition) is 7. The summed E-state index contributed by atoms with van der Waals surface area (Å²) in [7, 11) is 1.68. The lowest BCUT2D eigenvalue weighted by molar-refractivity contribution is -0.143. The number of nitrogens with zero attached hydrogens (tertiary/aromatic N) is 2. The number of anilines is 1. The molecule has 0 amide bonds. The van der Waals surface area contributed by atoms with Crippen LogP contribution in [0.2, 0.25) is 0 Å². The number of rotatable bonds is 13. The summed E-state index contributed by atoms with van der Waals surface area (Å²) in [6.07, 6.45) is 5.83. The summed E-state index contributed by atoms with van der Waals surface area (Å²) in [4.78, 5) is 19.0. The third-order valence-electron chi connectivity index (χ3n) is 8.83. The molecule has 0 bridgehead atoms. The minimum absolute atomic E-state index is 0.0325. The number of likely N-dealkylation sites (tertiary alicyclic amines) is 1. The van der Waals surface area contributed by atoms with Gasteiger partial charge in [0.1, 0.15) is 29.6 Å². The number of aryl methyl sites for hydroxylation is 1. The molecule has 2 fully saturated rings. The number of unbranched alkanes of at least 4 members (excludes halogenated alkanes) is 1. The number of fused-ring (bicyclic) bond motifs is 1. The van der Waals surface area contributed by atoms with Crippen molar-refractivity contribution in [1.82, 2.24) is 9.88 Å². The Morgan fingerprint density at radius 2 is 2.07 bits per heavy atom. The van der Waals surface area contributed by atoms with Crippen LogP contribution in [0.1, 0.15) is 73.4 Å². The molecule has 0 saturated carbocycles. The molecule has 230 valence electrons. The second-order valence-electron chi connectivity index (χ2n) is 11.7. The van der Waals surface area contributed by atoms with Crippen molar-refractivity contribution in [3.05, 3.63) is 52.5 Å². The van der Waals surface area contributed by atoms with E-state index in [9.17, 15) is 14.3 Å². The third-order valence-corrected chi connectivity index (χ3v) is 8.83. The number of halogens is 2. The number of carboxylic acids is 1. The lowest BCUT2D eigenvalue weighted by atomic mass is 9.96. The number of benzene rings is 1. The highest BCUT2D eigenvalue weighted by Gasteiger charge is 2.38. The van der Waals surface area contributed by atoms with E-state index in [1.165, 1.54) is 12.1 Å². The van der Waals surface area contributed by atoms with Gasteiger partial charge in [-0.15, -0.1) is 0 Å². The largest absolute Gasteiger partial charge is 0.496 e. The zero-order valence-corrected chi connectivity index (χ0v) is 24.5. The molecule has 2 saturated heterocycles. The van der Waals surface area contributed by atoms with Gasteiger partial charge in [-0.2, -0.15) is 0 Å². The van der Waals surface area contributed by atoms with Gasteiger partial charge in [-0.1, -0.05) is 12.5 Å². The van der Waals surface area contributed by atoms with Crippen LogP contribution in [0.25, 0.3) is 0 Å². The van der Waals surface area contributed by atoms with Crippen molar-refractivity contribution in [2.75, 3.05) is 45.3 Å². The standard InChI is InChI=1S/C32H43F2N3O5/c1-40-29-18-24(36-31-26(29)6-4-13-35-31)5-2-3-7-28(34)21-10-14-37(19-21)30(32(38)39)27-17-23(33)9-8-22(27)20-42-25-11-15-41-16-12-25/h8-9,17-18,21,25,28,30H,2-7,10-16,19-20H2,1H3,(H,35,36)(H,38,39)/t21-,28+,30-/m1/s1. The Morgan fingerprint density at radius 1 is 1.24 bits per heavy atom. The number of hydrogen-bond donors (Lipinski definition) is 2. The lowest BCUT2D eigenvalue weighted by Gasteiger charge is -2.28. The second kappa shape index (κ2) is 14.6. The average Bonchev–Trinajstić information content (AvgIpc) is 3.48. The Labute approximate surface area is 246 Å². The molecule has 2 aromatic rings. The van der Waals surface area contributed by atoms with E-state index in [4.69, 9.17) is 19.2 Å². The zero-order chi connectivity index (χ0) is 29.5. The highest BCUT2D eigenvalue weighted by molar-refractivity contribution is 5.76. The number of carbonyl (C=O) groups is 1. The van der Waals surface area contributed by atoms with E-state index < -0.39 is 24.0 Å². The average molecular weight is 588 g/mol. The molecule has 0 unspecified atom stereocenters. The highest BCUT2D eigenvalue weighted by atomic mass is 19.1. The summed E-state index contributed by atoms with van der Waals surface area (Å²) in [5.41, 5.74) is 3.10. The Morgan fingerprint density at radius 3 is 2.86 bits per heavy atom. The van der Waals surface area contributed by atoms with Crippen molar-refractivity contribution < 1.29 is 32.9 Å². The first-order valence-electron chi connectivity index (χ1n) is 15.3. The van der Waals surface area contributed by atoms with Gasteiger partial charge in [0.2, 0.25) is 0 Å². The fraction of sp³-hybridized carbons (Fsp3) is 0.625. The summed E-state index contributed by atoms with van der Waals surface area (Å²) in [6.45, 7) is 3.15. The van der Waals surface area contributed by atoms with E-state index in [0.29, 0.717) is 56.7 Å². The third kappa shape index (κ3) is 7.57. The monoisotopic (exact) mass is 587 g/mol. The highest BCUT2D eigenvalue weighted by Crippen LogP contribution is 2.35. The van der Waals surface area contributed by atoms with E-state index >= 15 is 4.39 Å². The van der Waals surface area contributed by atoms with E-state index in [1.54, 1.807) is 18.1 Å². The molecular formula is C32H43F2N3O5. The van der Waals surface area contributed by atoms with E-state index in [1.807, 2.05) is 6.07 Å². The van der Waals surface area contributed by atoms with Gasteiger partial charge in [0.15, 0.2) is 0 Å². The van der Waals surface area contributed by atoms with Crippen molar-refractivity contribution in [3.8, 4) is 5.75 Å². The molecular weight excluding hydrogens is 544 g/mol. The number of aromatic nitrogens is 1. The molecule has 0 spiro atoms. The topological polar surface area (TPSA) is 93.2 Å². The Bertz CT molecular complexity index is 1190. The summed E-state index contributed by atoms with van der Waals surface area (Å²) in [5.74, 6) is -0.0530. The van der Waals surface area contributed by atoms with E-state index in [2.05, 4.69) is 5.32 Å². The minimum atomic E-state index is -1.06. The van der Waals surface area contributed by atoms with Crippen molar-refractivity contribution in [2.24, 2.45) is 5.92 Å². The van der Waals surface area contributed by atoms with Crippen LogP contribution >= 0.6 is 0 Å². The summed E-state index contributed by atoms with van der Waals surface area (Å²) < 4.78 is 46.7. The normalized spacial score (nSPS) is 21.0. The smallest absolute Gasteiger partial charge is 0.325 e. The van der Waals surface area contributed by atoms with Gasteiger partial charge in [0.05, 0.1) is 19.8 Å². The molecule has 10 heteroatoms. The fourth-order valence-corrected chi connectivity index (χ4v) is 6.48. The molecule has 5 rings (SSSR count). The fourth-order valence-electron chi connectivity index (χ4n) is 6.48.